The van der Waals surface area contributed by atoms with Crippen molar-refractivity contribution >= 4 is 27.5 Å². The van der Waals surface area contributed by atoms with Gasteiger partial charge in [-0.3, -0.25) is 9.36 Å². The molecule has 5 nitrogen and oxygen atoms in total. The number of hydrogen-bond acceptors (Lipinski definition) is 4. The Balaban J connectivity index is 2.35. The molecule has 0 saturated heterocycles. The third-order valence-electron chi connectivity index (χ3n) is 4.01. The zero-order valence-electron chi connectivity index (χ0n) is 13.3. The molecule has 0 aliphatic rings. The van der Waals surface area contributed by atoms with Crippen LogP contribution in [0.25, 0.3) is 21.3 Å². The number of hydrogen-bond donors (Lipinski definition) is 1. The number of fused-ring (bicyclic) bond motifs is 1. The number of nitrogens with zero attached hydrogens (tertiary/aromatic N) is 2. The topological polar surface area (TPSA) is 72.2 Å². The van der Waals surface area contributed by atoms with Crippen LogP contribution in [-0.4, -0.2) is 20.6 Å². The van der Waals surface area contributed by atoms with Crippen LogP contribution in [0.3, 0.4) is 0 Å². The first-order valence-corrected chi connectivity index (χ1v) is 8.12. The molecule has 0 saturated carbocycles. The molecule has 2 aromatic heterocycles. The lowest BCUT2D eigenvalue weighted by Gasteiger charge is -2.24. The molecule has 3 rings (SSSR count). The Morgan fingerprint density at radius 3 is 2.50 bits per heavy atom. The van der Waals surface area contributed by atoms with Gasteiger partial charge in [0.2, 0.25) is 0 Å². The largest absolute Gasteiger partial charge is 0.480 e. The van der Waals surface area contributed by atoms with Gasteiger partial charge in [-0.1, -0.05) is 12.1 Å². The van der Waals surface area contributed by atoms with E-state index in [1.54, 1.807) is 24.4 Å². The van der Waals surface area contributed by atoms with Gasteiger partial charge in [-0.15, -0.1) is 11.3 Å². The lowest BCUT2D eigenvalue weighted by Crippen LogP contribution is -2.44. The smallest absolute Gasteiger partial charge is 0.329 e. The van der Waals surface area contributed by atoms with E-state index in [1.165, 1.54) is 41.9 Å². The summed E-state index contributed by atoms with van der Waals surface area (Å²) < 4.78 is 14.3. The van der Waals surface area contributed by atoms with Crippen LogP contribution in [0.1, 0.15) is 19.7 Å². The van der Waals surface area contributed by atoms with Crippen LogP contribution in [0.4, 0.5) is 4.39 Å². The minimum atomic E-state index is -1.43. The second-order valence-corrected chi connectivity index (χ2v) is 6.86. The molecular weight excluding hydrogens is 331 g/mol. The number of carboxylic acid groups (broad SMARTS) is 1. The quantitative estimate of drug-likeness (QED) is 0.789. The second-order valence-electron chi connectivity index (χ2n) is 6.00. The van der Waals surface area contributed by atoms with E-state index in [9.17, 15) is 19.1 Å². The summed E-state index contributed by atoms with van der Waals surface area (Å²) in [4.78, 5) is 29.5. The molecule has 0 aliphatic carbocycles. The predicted octanol–water partition coefficient (Wildman–Crippen LogP) is 3.39. The fraction of sp³-hybridized carbons (Fsp3) is 0.235. The van der Waals surface area contributed by atoms with E-state index in [4.69, 9.17) is 0 Å². The van der Waals surface area contributed by atoms with Gasteiger partial charge >= 0.3 is 5.97 Å². The summed E-state index contributed by atoms with van der Waals surface area (Å²) in [6.07, 6.45) is 0. The zero-order valence-corrected chi connectivity index (χ0v) is 14.1. The van der Waals surface area contributed by atoms with E-state index in [1.807, 2.05) is 0 Å². The van der Waals surface area contributed by atoms with Crippen molar-refractivity contribution in [2.24, 2.45) is 0 Å². The van der Waals surface area contributed by atoms with E-state index in [-0.39, 0.29) is 5.82 Å². The minimum absolute atomic E-state index is 0.340. The number of carboxylic acids is 1. The van der Waals surface area contributed by atoms with Gasteiger partial charge in [0.15, 0.2) is 0 Å². The fourth-order valence-electron chi connectivity index (χ4n) is 2.69. The molecule has 0 radical (unpaired) electrons. The Hall–Kier alpha value is -2.54. The molecule has 7 heteroatoms. The van der Waals surface area contributed by atoms with Crippen molar-refractivity contribution in [3.8, 4) is 11.1 Å². The average molecular weight is 346 g/mol. The van der Waals surface area contributed by atoms with Crippen molar-refractivity contribution < 1.29 is 14.3 Å². The highest BCUT2D eigenvalue weighted by Gasteiger charge is 2.33. The van der Waals surface area contributed by atoms with Crippen LogP contribution in [0.2, 0.25) is 0 Å². The van der Waals surface area contributed by atoms with E-state index in [0.29, 0.717) is 27.2 Å². The first-order valence-electron chi connectivity index (χ1n) is 7.24. The highest BCUT2D eigenvalue weighted by molar-refractivity contribution is 7.17. The van der Waals surface area contributed by atoms with Crippen molar-refractivity contribution in [3.63, 3.8) is 0 Å². The fourth-order valence-corrected chi connectivity index (χ4v) is 3.67. The molecular formula is C17H15FN2O3S. The second kappa shape index (κ2) is 5.52. The number of carbonyl (C=O) groups is 1. The zero-order chi connectivity index (χ0) is 17.6. The summed E-state index contributed by atoms with van der Waals surface area (Å²) in [5.41, 5.74) is -0.525. The molecule has 0 amide bonds. The van der Waals surface area contributed by atoms with Crippen LogP contribution < -0.4 is 5.56 Å². The highest BCUT2D eigenvalue weighted by Crippen LogP contribution is 2.32. The normalized spacial score (nSPS) is 11.8. The lowest BCUT2D eigenvalue weighted by atomic mass is 10.0. The maximum atomic E-state index is 13.1. The van der Waals surface area contributed by atoms with E-state index >= 15 is 0 Å². The Labute approximate surface area is 141 Å². The number of aromatic nitrogens is 2. The summed E-state index contributed by atoms with van der Waals surface area (Å²) in [6, 6.07) is 5.81. The SMILES string of the molecule is Cc1nc2scc(-c3ccc(F)cc3)c2c(=O)n1C(C)(C)C(=O)O. The van der Waals surface area contributed by atoms with Crippen molar-refractivity contribution in [2.45, 2.75) is 26.3 Å². The Bertz CT molecular complexity index is 1000. The molecule has 24 heavy (non-hydrogen) atoms. The van der Waals surface area contributed by atoms with Gasteiger partial charge in [0.1, 0.15) is 22.0 Å². The van der Waals surface area contributed by atoms with Crippen LogP contribution in [0.15, 0.2) is 34.4 Å². The third-order valence-corrected chi connectivity index (χ3v) is 4.89. The molecule has 1 N–H and O–H groups in total. The maximum Gasteiger partial charge on any atom is 0.329 e. The average Bonchev–Trinajstić information content (AvgIpc) is 2.91. The Morgan fingerprint density at radius 2 is 1.92 bits per heavy atom. The van der Waals surface area contributed by atoms with Crippen LogP contribution in [0, 0.1) is 12.7 Å². The van der Waals surface area contributed by atoms with Gasteiger partial charge in [-0.25, -0.2) is 14.2 Å². The summed E-state index contributed by atoms with van der Waals surface area (Å²) >= 11 is 1.30. The van der Waals surface area contributed by atoms with Gasteiger partial charge in [-0.05, 0) is 38.5 Å². The first-order chi connectivity index (χ1) is 11.2. The summed E-state index contributed by atoms with van der Waals surface area (Å²) in [5, 5.41) is 11.6. The standard InChI is InChI=1S/C17H15FN2O3S/c1-9-19-14-13(15(21)20(9)17(2,3)16(22)23)12(8-24-14)10-4-6-11(18)7-5-10/h4-8H,1-3H3,(H,22,23). The number of thiophene rings is 1. The molecule has 0 spiro atoms. The summed E-state index contributed by atoms with van der Waals surface area (Å²) in [6.45, 7) is 4.53. The number of aliphatic carboxylic acids is 1. The van der Waals surface area contributed by atoms with E-state index < -0.39 is 17.1 Å². The molecule has 3 aromatic rings. The first kappa shape index (κ1) is 16.3. The number of benzene rings is 1. The molecule has 124 valence electrons. The number of aryl methyl sites for hydroxylation is 1. The van der Waals surface area contributed by atoms with Gasteiger partial charge in [0, 0.05) is 10.9 Å². The Morgan fingerprint density at radius 1 is 1.29 bits per heavy atom. The van der Waals surface area contributed by atoms with Gasteiger partial charge in [0.05, 0.1) is 5.39 Å². The monoisotopic (exact) mass is 346 g/mol. The van der Waals surface area contributed by atoms with E-state index in [2.05, 4.69) is 4.98 Å². The van der Waals surface area contributed by atoms with Crippen LogP contribution in [-0.2, 0) is 10.3 Å². The number of rotatable bonds is 3. The van der Waals surface area contributed by atoms with Crippen molar-refractivity contribution in [1.29, 1.82) is 0 Å². The molecule has 1 aromatic carbocycles. The van der Waals surface area contributed by atoms with Crippen molar-refractivity contribution in [1.82, 2.24) is 9.55 Å². The number of halogens is 1. The van der Waals surface area contributed by atoms with Gasteiger partial charge < -0.3 is 5.11 Å². The van der Waals surface area contributed by atoms with Crippen LogP contribution in [0.5, 0.6) is 0 Å². The minimum Gasteiger partial charge on any atom is -0.480 e. The molecule has 0 fully saturated rings. The lowest BCUT2D eigenvalue weighted by molar-refractivity contribution is -0.145. The maximum absolute atomic E-state index is 13.1. The van der Waals surface area contributed by atoms with Crippen LogP contribution >= 0.6 is 11.3 Å². The molecule has 2 heterocycles. The van der Waals surface area contributed by atoms with Crippen molar-refractivity contribution in [3.05, 3.63) is 51.6 Å². The molecule has 0 bridgehead atoms. The van der Waals surface area contributed by atoms with Gasteiger partial charge in [-0.2, -0.15) is 0 Å². The summed E-state index contributed by atoms with van der Waals surface area (Å²) in [5.74, 6) is -1.14. The van der Waals surface area contributed by atoms with Crippen molar-refractivity contribution in [2.75, 3.05) is 0 Å². The predicted molar refractivity (Wildman–Crippen MR) is 91.0 cm³/mol. The summed E-state index contributed by atoms with van der Waals surface area (Å²) in [7, 11) is 0. The van der Waals surface area contributed by atoms with E-state index in [0.717, 1.165) is 0 Å². The third kappa shape index (κ3) is 2.41. The highest BCUT2D eigenvalue weighted by atomic mass is 32.1. The molecule has 0 unspecified atom stereocenters. The Kier molecular flexibility index (Phi) is 3.76. The molecule has 0 atom stereocenters. The molecule has 0 aliphatic heterocycles. The van der Waals surface area contributed by atoms with Gasteiger partial charge in [0.25, 0.3) is 5.56 Å².